The normalized spacial score (nSPS) is 40.0. The molecule has 0 aromatic carbocycles. The molecule has 0 N–H and O–H groups in total. The standard InChI is InChI=1S/C14H10N2OS2/c17-14-18-12-13(19-14)16-11-5-9-7-2-1-6(3-7)8(9)4-10(11)15-12/h4,6-9,11H,3,5H2. The van der Waals surface area contributed by atoms with Crippen LogP contribution in [0.3, 0.4) is 0 Å². The Morgan fingerprint density at radius 1 is 1.16 bits per heavy atom. The van der Waals surface area contributed by atoms with E-state index in [0.717, 1.165) is 21.5 Å². The van der Waals surface area contributed by atoms with Gasteiger partial charge < -0.3 is 0 Å². The molecule has 3 aliphatic carbocycles. The Balaban J connectivity index is 1.68. The third-order valence-corrected chi connectivity index (χ3v) is 6.62. The lowest BCUT2D eigenvalue weighted by molar-refractivity contribution is 0.317. The number of hydrogen-bond donors (Lipinski definition) is 0. The van der Waals surface area contributed by atoms with E-state index in [1.807, 2.05) is 0 Å². The molecule has 19 heavy (non-hydrogen) atoms. The summed E-state index contributed by atoms with van der Waals surface area (Å²) in [7, 11) is 0. The van der Waals surface area contributed by atoms with E-state index in [4.69, 9.17) is 4.99 Å². The van der Waals surface area contributed by atoms with Crippen molar-refractivity contribution in [3.8, 4) is 11.8 Å². The molecule has 5 unspecified atom stereocenters. The lowest BCUT2D eigenvalue weighted by Crippen LogP contribution is -2.34. The Morgan fingerprint density at radius 3 is 2.95 bits per heavy atom. The van der Waals surface area contributed by atoms with Crippen LogP contribution in [0, 0.1) is 35.5 Å². The first-order chi connectivity index (χ1) is 9.28. The predicted molar refractivity (Wildman–Crippen MR) is 73.6 cm³/mol. The highest BCUT2D eigenvalue weighted by atomic mass is 32.2. The summed E-state index contributed by atoms with van der Waals surface area (Å²) in [6, 6.07) is 0.167. The zero-order chi connectivity index (χ0) is 12.6. The summed E-state index contributed by atoms with van der Waals surface area (Å²) in [4.78, 5) is 20.9. The van der Waals surface area contributed by atoms with E-state index in [1.165, 1.54) is 29.1 Å². The van der Waals surface area contributed by atoms with Crippen molar-refractivity contribution in [3.63, 3.8) is 0 Å². The van der Waals surface area contributed by atoms with Gasteiger partial charge in [0, 0.05) is 11.8 Å². The van der Waals surface area contributed by atoms with E-state index in [1.54, 1.807) is 0 Å². The second-order valence-electron chi connectivity index (χ2n) is 5.63. The summed E-state index contributed by atoms with van der Waals surface area (Å²) in [5.41, 5.74) is 1.08. The minimum Gasteiger partial charge on any atom is -0.265 e. The maximum absolute atomic E-state index is 11.4. The molecule has 0 spiro atoms. The Morgan fingerprint density at radius 2 is 2.00 bits per heavy atom. The first-order valence-electron chi connectivity index (χ1n) is 6.57. The summed E-state index contributed by atoms with van der Waals surface area (Å²) in [5, 5.41) is 0. The fraction of sp³-hybridized carbons (Fsp3) is 0.500. The summed E-state index contributed by atoms with van der Waals surface area (Å²) >= 11 is 2.45. The van der Waals surface area contributed by atoms with Crippen LogP contribution in [0.15, 0.2) is 26.6 Å². The number of allylic oxidation sites excluding steroid dienone is 1. The van der Waals surface area contributed by atoms with Crippen LogP contribution in [0.2, 0.25) is 0 Å². The molecule has 3 nitrogen and oxygen atoms in total. The third-order valence-electron chi connectivity index (χ3n) is 4.68. The number of rotatable bonds is 0. The molecule has 5 rings (SSSR count). The molecule has 4 aliphatic rings. The Hall–Kier alpha value is -1.25. The van der Waals surface area contributed by atoms with Gasteiger partial charge in [0.15, 0.2) is 9.34 Å². The number of nitrogens with zero attached hydrogens (tertiary/aromatic N) is 2. The molecule has 1 fully saturated rings. The molecule has 5 atom stereocenters. The highest BCUT2D eigenvalue weighted by Crippen LogP contribution is 2.51. The molecule has 2 bridgehead atoms. The van der Waals surface area contributed by atoms with Crippen molar-refractivity contribution in [2.24, 2.45) is 33.7 Å². The number of hydrogen-bond acceptors (Lipinski definition) is 5. The number of fused-ring (bicyclic) bond motifs is 7. The molecular weight excluding hydrogens is 276 g/mol. The van der Waals surface area contributed by atoms with E-state index in [9.17, 15) is 4.79 Å². The maximum atomic E-state index is 11.4. The van der Waals surface area contributed by atoms with Gasteiger partial charge >= 0.3 is 0 Å². The van der Waals surface area contributed by atoms with E-state index < -0.39 is 0 Å². The van der Waals surface area contributed by atoms with E-state index in [2.05, 4.69) is 22.9 Å². The van der Waals surface area contributed by atoms with Gasteiger partial charge in [0.25, 0.3) is 4.06 Å². The van der Waals surface area contributed by atoms with Crippen molar-refractivity contribution >= 4 is 22.7 Å². The highest BCUT2D eigenvalue weighted by molar-refractivity contribution is 7.24. The van der Waals surface area contributed by atoms with Crippen LogP contribution in [0.25, 0.3) is 0 Å². The summed E-state index contributed by atoms with van der Waals surface area (Å²) in [6.07, 6.45) is 4.58. The van der Waals surface area contributed by atoms with Crippen LogP contribution < -0.4 is 13.4 Å². The van der Waals surface area contributed by atoms with Gasteiger partial charge in [-0.25, -0.2) is 4.99 Å². The Kier molecular flexibility index (Phi) is 1.91. The van der Waals surface area contributed by atoms with Crippen LogP contribution in [-0.4, -0.2) is 6.04 Å². The average Bonchev–Trinajstić information content (AvgIpc) is 3.06. The summed E-state index contributed by atoms with van der Waals surface area (Å²) in [6.45, 7) is 0. The Labute approximate surface area is 117 Å². The van der Waals surface area contributed by atoms with Gasteiger partial charge in [0.1, 0.15) is 0 Å². The zero-order valence-corrected chi connectivity index (χ0v) is 11.6. The van der Waals surface area contributed by atoms with Gasteiger partial charge in [0.05, 0.1) is 11.7 Å². The van der Waals surface area contributed by atoms with E-state index in [0.29, 0.717) is 23.7 Å². The largest absolute Gasteiger partial charge is 0.291 e. The van der Waals surface area contributed by atoms with Crippen molar-refractivity contribution in [1.29, 1.82) is 0 Å². The van der Waals surface area contributed by atoms with Crippen LogP contribution >= 0.6 is 22.7 Å². The quantitative estimate of drug-likeness (QED) is 0.655. The monoisotopic (exact) mass is 286 g/mol. The van der Waals surface area contributed by atoms with Crippen molar-refractivity contribution in [2.75, 3.05) is 0 Å². The molecule has 0 saturated heterocycles. The first kappa shape index (κ1) is 10.5. The van der Waals surface area contributed by atoms with E-state index >= 15 is 0 Å². The first-order valence-corrected chi connectivity index (χ1v) is 8.20. The molecular formula is C14H10N2OS2. The maximum Gasteiger partial charge on any atom is 0.291 e. The van der Waals surface area contributed by atoms with Gasteiger partial charge in [-0.1, -0.05) is 40.6 Å². The summed E-state index contributed by atoms with van der Waals surface area (Å²) < 4.78 is 1.75. The van der Waals surface area contributed by atoms with Crippen molar-refractivity contribution in [2.45, 2.75) is 18.9 Å². The SMILES string of the molecule is O=c1sc2c(s1)=NC1CC3C4C#CC(C4)C3C=C1N=2. The highest BCUT2D eigenvalue weighted by Gasteiger charge is 2.47. The van der Waals surface area contributed by atoms with Crippen molar-refractivity contribution in [1.82, 2.24) is 0 Å². The molecule has 1 aromatic rings. The predicted octanol–water partition coefficient (Wildman–Crippen LogP) is 0.964. The van der Waals surface area contributed by atoms with Crippen molar-refractivity contribution < 1.29 is 0 Å². The second kappa shape index (κ2) is 3.44. The molecule has 2 heterocycles. The lowest BCUT2D eigenvalue weighted by Gasteiger charge is -2.32. The molecule has 94 valence electrons. The van der Waals surface area contributed by atoms with Crippen LogP contribution in [0.5, 0.6) is 0 Å². The minimum atomic E-state index is 0.0975. The van der Waals surface area contributed by atoms with Gasteiger partial charge in [-0.3, -0.25) is 9.79 Å². The van der Waals surface area contributed by atoms with Gasteiger partial charge in [-0.2, -0.15) is 0 Å². The molecule has 1 aromatic heterocycles. The smallest absolute Gasteiger partial charge is 0.265 e. The molecule has 5 heteroatoms. The second-order valence-corrected chi connectivity index (χ2v) is 7.81. The molecule has 0 radical (unpaired) electrons. The fourth-order valence-corrected chi connectivity index (χ4v) is 5.67. The van der Waals surface area contributed by atoms with Gasteiger partial charge in [-0.05, 0) is 24.7 Å². The summed E-state index contributed by atoms with van der Waals surface area (Å²) in [5.74, 6) is 9.10. The molecule has 0 amide bonds. The van der Waals surface area contributed by atoms with Crippen LogP contribution in [-0.2, 0) is 0 Å². The van der Waals surface area contributed by atoms with Crippen LogP contribution in [0.4, 0.5) is 0 Å². The van der Waals surface area contributed by atoms with E-state index in [-0.39, 0.29) is 10.1 Å². The Bertz CT molecular complexity index is 850. The zero-order valence-electron chi connectivity index (χ0n) is 10.00. The molecule has 1 saturated carbocycles. The third kappa shape index (κ3) is 1.36. The van der Waals surface area contributed by atoms with Gasteiger partial charge in [-0.15, -0.1) is 0 Å². The van der Waals surface area contributed by atoms with Gasteiger partial charge in [0.2, 0.25) is 0 Å². The van der Waals surface area contributed by atoms with Crippen LogP contribution in [0.1, 0.15) is 12.8 Å². The molecule has 1 aliphatic heterocycles. The lowest BCUT2D eigenvalue weighted by atomic mass is 9.75. The fourth-order valence-electron chi connectivity index (χ4n) is 3.86. The minimum absolute atomic E-state index is 0.0975. The average molecular weight is 286 g/mol. The topological polar surface area (TPSA) is 41.8 Å². The van der Waals surface area contributed by atoms with Crippen molar-refractivity contribution in [3.05, 3.63) is 30.0 Å².